The van der Waals surface area contributed by atoms with Crippen molar-refractivity contribution in [3.63, 3.8) is 0 Å². The molecule has 1 heterocycles. The van der Waals surface area contributed by atoms with Gasteiger partial charge in [0.15, 0.2) is 0 Å². The van der Waals surface area contributed by atoms with E-state index in [-0.39, 0.29) is 17.7 Å². The zero-order valence-electron chi connectivity index (χ0n) is 17.7. The van der Waals surface area contributed by atoms with Gasteiger partial charge in [-0.05, 0) is 49.2 Å². The van der Waals surface area contributed by atoms with Crippen molar-refractivity contribution in [1.29, 1.82) is 0 Å². The van der Waals surface area contributed by atoms with Crippen LogP contribution in [0.25, 0.3) is 0 Å². The van der Waals surface area contributed by atoms with Crippen LogP contribution in [0, 0.1) is 0 Å². The summed E-state index contributed by atoms with van der Waals surface area (Å²) in [5.41, 5.74) is 1.88. The van der Waals surface area contributed by atoms with Gasteiger partial charge in [0.25, 0.3) is 11.8 Å². The highest BCUT2D eigenvalue weighted by Crippen LogP contribution is 2.23. The maximum Gasteiger partial charge on any atom is 0.261 e. The fourth-order valence-electron chi connectivity index (χ4n) is 3.82. The average molecular weight is 485 g/mol. The topological polar surface area (TPSA) is 66.5 Å². The van der Waals surface area contributed by atoms with Gasteiger partial charge in [0.05, 0.1) is 11.1 Å². The van der Waals surface area contributed by atoms with E-state index in [0.717, 1.165) is 61.5 Å². The Morgan fingerprint density at radius 2 is 1.26 bits per heavy atom. The van der Waals surface area contributed by atoms with Gasteiger partial charge in [0.2, 0.25) is 5.91 Å². The lowest BCUT2D eigenvalue weighted by Crippen LogP contribution is -2.30. The minimum Gasteiger partial charge on any atom is -0.326 e. The molecular weight excluding hydrogens is 456 g/mol. The number of hydrogen-bond donors (Lipinski definition) is 1. The first-order chi connectivity index (χ1) is 15.1. The molecule has 1 aliphatic rings. The van der Waals surface area contributed by atoms with Crippen LogP contribution in [-0.4, -0.2) is 29.2 Å². The molecule has 5 nitrogen and oxygen atoms in total. The van der Waals surface area contributed by atoms with Crippen molar-refractivity contribution in [2.24, 2.45) is 0 Å². The van der Waals surface area contributed by atoms with Crippen molar-refractivity contribution in [2.75, 3.05) is 11.9 Å². The monoisotopic (exact) mass is 484 g/mol. The van der Waals surface area contributed by atoms with E-state index in [1.807, 2.05) is 24.3 Å². The zero-order chi connectivity index (χ0) is 22.1. The first kappa shape index (κ1) is 23.2. The lowest BCUT2D eigenvalue weighted by molar-refractivity contribution is -0.116. The molecule has 1 N–H and O–H groups in total. The predicted octanol–water partition coefficient (Wildman–Crippen LogP) is 6.19. The molecule has 2 aromatic rings. The molecule has 1 aliphatic heterocycles. The van der Waals surface area contributed by atoms with Crippen LogP contribution in [-0.2, 0) is 4.79 Å². The Hall–Kier alpha value is -2.47. The third-order valence-corrected chi connectivity index (χ3v) is 6.07. The molecule has 0 bridgehead atoms. The van der Waals surface area contributed by atoms with Gasteiger partial charge in [0, 0.05) is 23.1 Å². The number of nitrogens with one attached hydrogen (secondary N) is 1. The highest BCUT2D eigenvalue weighted by atomic mass is 79.9. The zero-order valence-corrected chi connectivity index (χ0v) is 19.3. The molecule has 0 aromatic heterocycles. The first-order valence-electron chi connectivity index (χ1n) is 11.1. The summed E-state index contributed by atoms with van der Waals surface area (Å²) in [5.74, 6) is -0.259. The molecule has 164 valence electrons. The molecule has 0 spiro atoms. The van der Waals surface area contributed by atoms with E-state index in [4.69, 9.17) is 0 Å². The van der Waals surface area contributed by atoms with Crippen LogP contribution < -0.4 is 5.32 Å². The summed E-state index contributed by atoms with van der Waals surface area (Å²) in [4.78, 5) is 38.0. The predicted molar refractivity (Wildman–Crippen MR) is 126 cm³/mol. The van der Waals surface area contributed by atoms with E-state index in [9.17, 15) is 14.4 Å². The number of anilines is 1. The second kappa shape index (κ2) is 11.8. The molecular formula is C25H29BrN2O3. The van der Waals surface area contributed by atoms with Crippen molar-refractivity contribution in [3.05, 3.63) is 64.1 Å². The summed E-state index contributed by atoms with van der Waals surface area (Å²) in [7, 11) is 0. The fraction of sp³-hybridized carbons (Fsp3) is 0.400. The van der Waals surface area contributed by atoms with Gasteiger partial charge in [-0.3, -0.25) is 19.3 Å². The van der Waals surface area contributed by atoms with E-state index in [0.29, 0.717) is 24.1 Å². The summed E-state index contributed by atoms with van der Waals surface area (Å²) >= 11 is 3.38. The number of benzene rings is 2. The summed E-state index contributed by atoms with van der Waals surface area (Å²) in [6, 6.07) is 14.6. The van der Waals surface area contributed by atoms with Crippen LogP contribution >= 0.6 is 15.9 Å². The Morgan fingerprint density at radius 3 is 1.84 bits per heavy atom. The van der Waals surface area contributed by atoms with Crippen LogP contribution in [0.5, 0.6) is 0 Å². The van der Waals surface area contributed by atoms with E-state index < -0.39 is 0 Å². The Balaban J connectivity index is 1.18. The van der Waals surface area contributed by atoms with Gasteiger partial charge in [-0.25, -0.2) is 0 Å². The van der Waals surface area contributed by atoms with Crippen LogP contribution in [0.3, 0.4) is 0 Å². The molecule has 2 aromatic carbocycles. The van der Waals surface area contributed by atoms with Gasteiger partial charge < -0.3 is 5.32 Å². The Morgan fingerprint density at radius 1 is 0.742 bits per heavy atom. The summed E-state index contributed by atoms with van der Waals surface area (Å²) in [6.07, 6.45) is 8.91. The third-order valence-electron chi connectivity index (χ3n) is 5.54. The molecule has 0 radical (unpaired) electrons. The van der Waals surface area contributed by atoms with E-state index >= 15 is 0 Å². The molecule has 0 unspecified atom stereocenters. The van der Waals surface area contributed by atoms with E-state index in [2.05, 4.69) is 21.2 Å². The second-order valence-electron chi connectivity index (χ2n) is 7.94. The lowest BCUT2D eigenvalue weighted by Gasteiger charge is -2.13. The molecule has 0 fully saturated rings. The molecule has 0 aliphatic carbocycles. The summed E-state index contributed by atoms with van der Waals surface area (Å²) < 4.78 is 0.995. The SMILES string of the molecule is O=C(CCCCCCCCCCN1C(=O)c2ccccc2C1=O)Nc1ccc(Br)cc1. The normalized spacial score (nSPS) is 12.9. The van der Waals surface area contributed by atoms with Gasteiger partial charge in [0.1, 0.15) is 0 Å². The van der Waals surface area contributed by atoms with Crippen molar-refractivity contribution in [2.45, 2.75) is 57.8 Å². The largest absolute Gasteiger partial charge is 0.326 e. The van der Waals surface area contributed by atoms with Gasteiger partial charge in [-0.1, -0.05) is 66.6 Å². The Kier molecular flexibility index (Phi) is 8.83. The molecule has 0 saturated carbocycles. The highest BCUT2D eigenvalue weighted by molar-refractivity contribution is 9.10. The van der Waals surface area contributed by atoms with Crippen LogP contribution in [0.2, 0.25) is 0 Å². The fourth-order valence-corrected chi connectivity index (χ4v) is 4.08. The number of carbonyl (C=O) groups excluding carboxylic acids is 3. The number of rotatable bonds is 12. The Bertz CT molecular complexity index is 876. The number of fused-ring (bicyclic) bond motifs is 1. The quantitative estimate of drug-likeness (QED) is 0.288. The summed E-state index contributed by atoms with van der Waals surface area (Å²) in [6.45, 7) is 0.500. The first-order valence-corrected chi connectivity index (χ1v) is 11.9. The molecule has 31 heavy (non-hydrogen) atoms. The third kappa shape index (κ3) is 6.76. The van der Waals surface area contributed by atoms with Crippen LogP contribution in [0.1, 0.15) is 78.5 Å². The molecule has 0 atom stereocenters. The second-order valence-corrected chi connectivity index (χ2v) is 8.86. The minimum atomic E-state index is -0.162. The molecule has 3 amide bonds. The highest BCUT2D eigenvalue weighted by Gasteiger charge is 2.34. The van der Waals surface area contributed by atoms with Gasteiger partial charge >= 0.3 is 0 Å². The Labute approximate surface area is 192 Å². The number of nitrogens with zero attached hydrogens (tertiary/aromatic N) is 1. The number of hydrogen-bond acceptors (Lipinski definition) is 3. The minimum absolute atomic E-state index is 0.0653. The number of amides is 3. The van der Waals surface area contributed by atoms with Crippen molar-refractivity contribution < 1.29 is 14.4 Å². The number of imide groups is 1. The van der Waals surface area contributed by atoms with Crippen molar-refractivity contribution >= 4 is 39.3 Å². The smallest absolute Gasteiger partial charge is 0.261 e. The lowest BCUT2D eigenvalue weighted by atomic mass is 10.1. The van der Waals surface area contributed by atoms with Gasteiger partial charge in [-0.15, -0.1) is 0 Å². The number of halogens is 1. The number of unbranched alkanes of at least 4 members (excludes halogenated alkanes) is 7. The van der Waals surface area contributed by atoms with E-state index in [1.54, 1.807) is 24.3 Å². The molecule has 3 rings (SSSR count). The number of carbonyl (C=O) groups is 3. The summed E-state index contributed by atoms with van der Waals surface area (Å²) in [5, 5.41) is 2.92. The van der Waals surface area contributed by atoms with Crippen molar-refractivity contribution in [1.82, 2.24) is 4.90 Å². The van der Waals surface area contributed by atoms with Crippen molar-refractivity contribution in [3.8, 4) is 0 Å². The maximum atomic E-state index is 12.3. The maximum absolute atomic E-state index is 12.3. The average Bonchev–Trinajstić information content (AvgIpc) is 3.01. The van der Waals surface area contributed by atoms with Crippen LogP contribution in [0.15, 0.2) is 53.0 Å². The molecule has 0 saturated heterocycles. The van der Waals surface area contributed by atoms with E-state index in [1.165, 1.54) is 4.90 Å². The molecule has 6 heteroatoms. The standard InChI is InChI=1S/C25H29BrN2O3/c26-19-14-16-20(17-15-19)27-23(29)13-7-5-3-1-2-4-6-10-18-28-24(30)21-11-8-9-12-22(21)25(28)31/h8-9,11-12,14-17H,1-7,10,13,18H2,(H,27,29). The van der Waals surface area contributed by atoms with Crippen LogP contribution in [0.4, 0.5) is 5.69 Å². The van der Waals surface area contributed by atoms with Gasteiger partial charge in [-0.2, -0.15) is 0 Å².